The van der Waals surface area contributed by atoms with E-state index in [1.807, 2.05) is 55.5 Å². The number of nitrogens with one attached hydrogen (secondary N) is 1. The fourth-order valence-corrected chi connectivity index (χ4v) is 3.35. The van der Waals surface area contributed by atoms with Gasteiger partial charge in [-0.15, -0.1) is 0 Å². The lowest BCUT2D eigenvalue weighted by molar-refractivity contribution is -0.120. The lowest BCUT2D eigenvalue weighted by atomic mass is 9.92. The summed E-state index contributed by atoms with van der Waals surface area (Å²) in [6.45, 7) is 2.35. The predicted octanol–water partition coefficient (Wildman–Crippen LogP) is 4.66. The van der Waals surface area contributed by atoms with Crippen molar-refractivity contribution in [2.45, 2.75) is 19.9 Å². The van der Waals surface area contributed by atoms with Gasteiger partial charge >= 0.3 is 0 Å². The summed E-state index contributed by atoms with van der Waals surface area (Å²) in [4.78, 5) is 17.3. The van der Waals surface area contributed by atoms with Crippen LogP contribution < -0.4 is 5.32 Å². The third kappa shape index (κ3) is 3.60. The summed E-state index contributed by atoms with van der Waals surface area (Å²) in [5.41, 5.74) is 4.94. The van der Waals surface area contributed by atoms with Crippen molar-refractivity contribution < 1.29 is 9.21 Å². The van der Waals surface area contributed by atoms with Crippen LogP contribution in [0.4, 0.5) is 0 Å². The molecule has 0 spiro atoms. The third-order valence-electron chi connectivity index (χ3n) is 4.64. The number of rotatable bonds is 5. The number of carbonyl (C=O) groups is 1. The SMILES string of the molecule is Cc1nc2ccccc2c(-c2ccccc2)c1CC(=O)NCc1ccco1. The van der Waals surface area contributed by atoms with E-state index in [-0.39, 0.29) is 12.3 Å². The molecule has 0 saturated carbocycles. The van der Waals surface area contributed by atoms with E-state index in [2.05, 4.69) is 23.5 Å². The predicted molar refractivity (Wildman–Crippen MR) is 106 cm³/mol. The van der Waals surface area contributed by atoms with Crippen molar-refractivity contribution in [3.8, 4) is 11.1 Å². The van der Waals surface area contributed by atoms with E-state index >= 15 is 0 Å². The summed E-state index contributed by atoms with van der Waals surface area (Å²) in [5.74, 6) is 0.684. The molecular formula is C23H20N2O2. The second kappa shape index (κ2) is 7.46. The zero-order valence-corrected chi connectivity index (χ0v) is 15.1. The average molecular weight is 356 g/mol. The first-order chi connectivity index (χ1) is 13.2. The smallest absolute Gasteiger partial charge is 0.224 e. The van der Waals surface area contributed by atoms with Crippen molar-refractivity contribution in [1.82, 2.24) is 10.3 Å². The molecule has 0 bridgehead atoms. The van der Waals surface area contributed by atoms with Crippen LogP contribution in [0.2, 0.25) is 0 Å². The van der Waals surface area contributed by atoms with Gasteiger partial charge in [0.15, 0.2) is 0 Å². The standard InChI is InChI=1S/C23H20N2O2/c1-16-20(14-22(26)24-15-18-10-7-13-27-18)23(17-8-3-2-4-9-17)19-11-5-6-12-21(19)25-16/h2-13H,14-15H2,1H3,(H,24,26). The van der Waals surface area contributed by atoms with Gasteiger partial charge in [-0.2, -0.15) is 0 Å². The summed E-state index contributed by atoms with van der Waals surface area (Å²) in [6, 6.07) is 21.9. The zero-order chi connectivity index (χ0) is 18.6. The molecule has 27 heavy (non-hydrogen) atoms. The first-order valence-electron chi connectivity index (χ1n) is 8.95. The molecule has 0 atom stereocenters. The summed E-state index contributed by atoms with van der Waals surface area (Å²) < 4.78 is 5.28. The lowest BCUT2D eigenvalue weighted by Crippen LogP contribution is -2.25. The highest BCUT2D eigenvalue weighted by atomic mass is 16.3. The highest BCUT2D eigenvalue weighted by Gasteiger charge is 2.17. The van der Waals surface area contributed by atoms with Crippen LogP contribution in [-0.4, -0.2) is 10.9 Å². The van der Waals surface area contributed by atoms with Crippen LogP contribution in [0.3, 0.4) is 0 Å². The maximum atomic E-state index is 12.6. The quantitative estimate of drug-likeness (QED) is 0.566. The Labute approximate surface area is 157 Å². The van der Waals surface area contributed by atoms with Crippen molar-refractivity contribution >= 4 is 16.8 Å². The molecule has 0 saturated heterocycles. The maximum Gasteiger partial charge on any atom is 0.224 e. The number of aromatic nitrogens is 1. The van der Waals surface area contributed by atoms with Crippen molar-refractivity contribution in [1.29, 1.82) is 0 Å². The fraction of sp³-hybridized carbons (Fsp3) is 0.130. The Balaban J connectivity index is 1.73. The summed E-state index contributed by atoms with van der Waals surface area (Å²) >= 11 is 0. The van der Waals surface area contributed by atoms with Crippen LogP contribution in [-0.2, 0) is 17.8 Å². The summed E-state index contributed by atoms with van der Waals surface area (Å²) in [5, 5.41) is 3.99. The summed E-state index contributed by atoms with van der Waals surface area (Å²) in [6.07, 6.45) is 1.88. The minimum absolute atomic E-state index is 0.0521. The van der Waals surface area contributed by atoms with Crippen LogP contribution >= 0.6 is 0 Å². The Morgan fingerprint density at radius 1 is 1.00 bits per heavy atom. The van der Waals surface area contributed by atoms with Gasteiger partial charge in [-0.3, -0.25) is 9.78 Å². The molecule has 2 aromatic heterocycles. The van der Waals surface area contributed by atoms with Gasteiger partial charge < -0.3 is 9.73 Å². The van der Waals surface area contributed by atoms with Gasteiger partial charge in [0, 0.05) is 11.1 Å². The van der Waals surface area contributed by atoms with E-state index in [4.69, 9.17) is 9.40 Å². The molecule has 0 radical (unpaired) electrons. The van der Waals surface area contributed by atoms with Crippen LogP contribution in [0.25, 0.3) is 22.0 Å². The minimum atomic E-state index is -0.0521. The van der Waals surface area contributed by atoms with E-state index in [0.717, 1.165) is 39.0 Å². The monoisotopic (exact) mass is 356 g/mol. The molecule has 0 aliphatic carbocycles. The van der Waals surface area contributed by atoms with Gasteiger partial charge in [-0.25, -0.2) is 0 Å². The molecule has 2 aromatic carbocycles. The van der Waals surface area contributed by atoms with E-state index in [1.54, 1.807) is 6.26 Å². The van der Waals surface area contributed by atoms with Gasteiger partial charge in [-0.05, 0) is 41.8 Å². The van der Waals surface area contributed by atoms with Crippen molar-refractivity contribution in [3.63, 3.8) is 0 Å². The molecule has 134 valence electrons. The first kappa shape index (κ1) is 17.0. The highest BCUT2D eigenvalue weighted by Crippen LogP contribution is 2.33. The van der Waals surface area contributed by atoms with Gasteiger partial charge in [0.1, 0.15) is 5.76 Å². The Bertz CT molecular complexity index is 1070. The summed E-state index contributed by atoms with van der Waals surface area (Å²) in [7, 11) is 0. The van der Waals surface area contributed by atoms with Gasteiger partial charge in [-0.1, -0.05) is 48.5 Å². The Kier molecular flexibility index (Phi) is 4.71. The number of furan rings is 1. The Morgan fingerprint density at radius 2 is 1.78 bits per heavy atom. The molecule has 0 aliphatic heterocycles. The van der Waals surface area contributed by atoms with E-state index < -0.39 is 0 Å². The number of amides is 1. The molecule has 0 unspecified atom stereocenters. The highest BCUT2D eigenvalue weighted by molar-refractivity contribution is 5.98. The normalized spacial score (nSPS) is 10.9. The van der Waals surface area contributed by atoms with Crippen LogP contribution in [0, 0.1) is 6.92 Å². The number of pyridine rings is 1. The molecule has 4 nitrogen and oxygen atoms in total. The number of aryl methyl sites for hydroxylation is 1. The molecule has 1 amide bonds. The molecule has 1 N–H and O–H groups in total. The number of nitrogens with zero attached hydrogens (tertiary/aromatic N) is 1. The number of para-hydroxylation sites is 1. The molecule has 2 heterocycles. The first-order valence-corrected chi connectivity index (χ1v) is 8.95. The zero-order valence-electron chi connectivity index (χ0n) is 15.1. The van der Waals surface area contributed by atoms with E-state index in [0.29, 0.717) is 6.54 Å². The molecule has 4 heteroatoms. The van der Waals surface area contributed by atoms with Crippen molar-refractivity contribution in [3.05, 3.63) is 90.0 Å². The lowest BCUT2D eigenvalue weighted by Gasteiger charge is -2.16. The van der Waals surface area contributed by atoms with Gasteiger partial charge in [0.25, 0.3) is 0 Å². The molecule has 0 fully saturated rings. The molecule has 4 rings (SSSR count). The fourth-order valence-electron chi connectivity index (χ4n) is 3.35. The average Bonchev–Trinajstić information content (AvgIpc) is 3.21. The molecular weight excluding hydrogens is 336 g/mol. The number of hydrogen-bond acceptors (Lipinski definition) is 3. The maximum absolute atomic E-state index is 12.6. The third-order valence-corrected chi connectivity index (χ3v) is 4.64. The minimum Gasteiger partial charge on any atom is -0.467 e. The second-order valence-electron chi connectivity index (χ2n) is 6.47. The number of carbonyl (C=O) groups excluding carboxylic acids is 1. The molecule has 0 aliphatic rings. The van der Waals surface area contributed by atoms with Crippen molar-refractivity contribution in [2.75, 3.05) is 0 Å². The number of fused-ring (bicyclic) bond motifs is 1. The van der Waals surface area contributed by atoms with Crippen LogP contribution in [0.5, 0.6) is 0 Å². The van der Waals surface area contributed by atoms with Gasteiger partial charge in [0.2, 0.25) is 5.91 Å². The van der Waals surface area contributed by atoms with E-state index in [9.17, 15) is 4.79 Å². The topological polar surface area (TPSA) is 55.1 Å². The Morgan fingerprint density at radius 3 is 2.56 bits per heavy atom. The largest absolute Gasteiger partial charge is 0.467 e. The molecule has 4 aromatic rings. The van der Waals surface area contributed by atoms with Crippen LogP contribution in [0.1, 0.15) is 17.0 Å². The van der Waals surface area contributed by atoms with Crippen molar-refractivity contribution in [2.24, 2.45) is 0 Å². The second-order valence-corrected chi connectivity index (χ2v) is 6.47. The Hall–Kier alpha value is -3.40. The van der Waals surface area contributed by atoms with Gasteiger partial charge in [0.05, 0.1) is 24.7 Å². The van der Waals surface area contributed by atoms with Crippen LogP contribution in [0.15, 0.2) is 77.4 Å². The number of hydrogen-bond donors (Lipinski definition) is 1. The number of benzene rings is 2. The van der Waals surface area contributed by atoms with E-state index in [1.165, 1.54) is 0 Å².